The summed E-state index contributed by atoms with van der Waals surface area (Å²) >= 11 is 0. The zero-order chi connectivity index (χ0) is 13.5. The Morgan fingerprint density at radius 2 is 1.94 bits per heavy atom. The van der Waals surface area contributed by atoms with Crippen molar-refractivity contribution in [3.63, 3.8) is 0 Å². The fraction of sp³-hybridized carbons (Fsp3) is 0.182. The third-order valence-electron chi connectivity index (χ3n) is 2.59. The molecular formula is C11H12N2O4S. The van der Waals surface area contributed by atoms with Crippen LogP contribution in [0.25, 0.3) is 5.69 Å². The van der Waals surface area contributed by atoms with E-state index in [-0.39, 0.29) is 10.6 Å². The Balaban J connectivity index is 2.54. The van der Waals surface area contributed by atoms with E-state index in [1.807, 2.05) is 0 Å². The highest BCUT2D eigenvalue weighted by molar-refractivity contribution is 7.85. The van der Waals surface area contributed by atoms with Crippen molar-refractivity contribution in [1.82, 2.24) is 9.78 Å². The molecule has 1 aromatic heterocycles. The molecule has 0 bridgehead atoms. The van der Waals surface area contributed by atoms with Gasteiger partial charge >= 0.3 is 0 Å². The van der Waals surface area contributed by atoms with Crippen molar-refractivity contribution >= 4 is 10.1 Å². The van der Waals surface area contributed by atoms with Crippen LogP contribution in [0.3, 0.4) is 0 Å². The summed E-state index contributed by atoms with van der Waals surface area (Å²) in [6.07, 6.45) is 1.44. The molecule has 1 aromatic carbocycles. The molecule has 7 heteroatoms. The first-order valence-electron chi connectivity index (χ1n) is 5.13. The SMILES string of the molecule is Cc1cc(S(=O)(=O)O)ccc1-n1cc(O)c(C)n1. The summed E-state index contributed by atoms with van der Waals surface area (Å²) in [5, 5.41) is 13.5. The Hall–Kier alpha value is -1.86. The molecule has 0 fully saturated rings. The minimum absolute atomic E-state index is 0.0632. The van der Waals surface area contributed by atoms with Crippen LogP contribution >= 0.6 is 0 Å². The van der Waals surface area contributed by atoms with Crippen LogP contribution in [0.1, 0.15) is 11.3 Å². The third kappa shape index (κ3) is 2.22. The molecule has 0 saturated carbocycles. The van der Waals surface area contributed by atoms with Crippen LogP contribution in [-0.2, 0) is 10.1 Å². The Morgan fingerprint density at radius 1 is 1.28 bits per heavy atom. The van der Waals surface area contributed by atoms with Crippen molar-refractivity contribution in [2.24, 2.45) is 0 Å². The van der Waals surface area contributed by atoms with E-state index < -0.39 is 10.1 Å². The van der Waals surface area contributed by atoms with Gasteiger partial charge in [0.05, 0.1) is 16.8 Å². The quantitative estimate of drug-likeness (QED) is 0.804. The first-order chi connectivity index (χ1) is 8.29. The number of aromatic nitrogens is 2. The lowest BCUT2D eigenvalue weighted by Crippen LogP contribution is -2.02. The Kier molecular flexibility index (Phi) is 2.88. The topological polar surface area (TPSA) is 92.4 Å². The van der Waals surface area contributed by atoms with Crippen LogP contribution in [0.2, 0.25) is 0 Å². The average Bonchev–Trinajstić information content (AvgIpc) is 2.57. The van der Waals surface area contributed by atoms with Gasteiger partial charge in [-0.1, -0.05) is 0 Å². The second kappa shape index (κ2) is 4.11. The van der Waals surface area contributed by atoms with Gasteiger partial charge in [-0.05, 0) is 37.6 Å². The average molecular weight is 268 g/mol. The molecule has 18 heavy (non-hydrogen) atoms. The molecule has 1 heterocycles. The fourth-order valence-corrected chi connectivity index (χ4v) is 2.19. The normalized spacial score (nSPS) is 11.7. The largest absolute Gasteiger partial charge is 0.504 e. The molecule has 0 atom stereocenters. The molecule has 0 saturated heterocycles. The molecule has 2 rings (SSSR count). The van der Waals surface area contributed by atoms with Crippen LogP contribution in [0.5, 0.6) is 5.75 Å². The number of rotatable bonds is 2. The molecule has 0 aliphatic heterocycles. The van der Waals surface area contributed by atoms with Crippen LogP contribution < -0.4 is 0 Å². The number of aryl methyl sites for hydroxylation is 2. The van der Waals surface area contributed by atoms with E-state index in [0.29, 0.717) is 16.9 Å². The minimum Gasteiger partial charge on any atom is -0.504 e. The Morgan fingerprint density at radius 3 is 2.39 bits per heavy atom. The Labute approximate surface area is 104 Å². The summed E-state index contributed by atoms with van der Waals surface area (Å²) in [6.45, 7) is 3.35. The lowest BCUT2D eigenvalue weighted by Gasteiger charge is -2.06. The predicted molar refractivity (Wildman–Crippen MR) is 64.5 cm³/mol. The zero-order valence-electron chi connectivity index (χ0n) is 9.82. The van der Waals surface area contributed by atoms with E-state index in [1.165, 1.54) is 29.1 Å². The standard InChI is InChI=1S/C11H12N2O4S/c1-7-5-9(18(15,16)17)3-4-10(7)13-6-11(14)8(2)12-13/h3-6,14H,1-2H3,(H,15,16,17). The van der Waals surface area contributed by atoms with Crippen molar-refractivity contribution in [2.75, 3.05) is 0 Å². The molecule has 2 aromatic rings. The van der Waals surface area contributed by atoms with Gasteiger partial charge in [0.15, 0.2) is 5.75 Å². The highest BCUT2D eigenvalue weighted by atomic mass is 32.2. The summed E-state index contributed by atoms with van der Waals surface area (Å²) in [4.78, 5) is -0.170. The van der Waals surface area contributed by atoms with Gasteiger partial charge in [0, 0.05) is 0 Å². The molecule has 0 aliphatic rings. The smallest absolute Gasteiger partial charge is 0.294 e. The lowest BCUT2D eigenvalue weighted by atomic mass is 10.2. The first kappa shape index (κ1) is 12.6. The van der Waals surface area contributed by atoms with Gasteiger partial charge in [0.1, 0.15) is 5.69 Å². The van der Waals surface area contributed by atoms with E-state index in [2.05, 4.69) is 5.10 Å². The molecule has 0 radical (unpaired) electrons. The molecule has 2 N–H and O–H groups in total. The van der Waals surface area contributed by atoms with Gasteiger partial charge in [0.2, 0.25) is 0 Å². The molecule has 0 unspecified atom stereocenters. The lowest BCUT2D eigenvalue weighted by molar-refractivity contribution is 0.471. The number of benzene rings is 1. The first-order valence-corrected chi connectivity index (χ1v) is 6.57. The maximum Gasteiger partial charge on any atom is 0.294 e. The van der Waals surface area contributed by atoms with Gasteiger partial charge in [-0.25, -0.2) is 4.68 Å². The number of nitrogens with zero attached hydrogens (tertiary/aromatic N) is 2. The highest BCUT2D eigenvalue weighted by Crippen LogP contribution is 2.21. The van der Waals surface area contributed by atoms with Crippen LogP contribution in [0, 0.1) is 13.8 Å². The van der Waals surface area contributed by atoms with Crippen molar-refractivity contribution in [3.8, 4) is 11.4 Å². The van der Waals surface area contributed by atoms with E-state index >= 15 is 0 Å². The second-order valence-corrected chi connectivity index (χ2v) is 5.39. The summed E-state index contributed by atoms with van der Waals surface area (Å²) in [6, 6.07) is 4.15. The molecule has 0 spiro atoms. The van der Waals surface area contributed by atoms with Gasteiger partial charge in [0.25, 0.3) is 10.1 Å². The van der Waals surface area contributed by atoms with Crippen molar-refractivity contribution in [2.45, 2.75) is 18.7 Å². The molecule has 6 nitrogen and oxygen atoms in total. The Bertz CT molecular complexity index is 684. The summed E-state index contributed by atoms with van der Waals surface area (Å²) in [7, 11) is -4.21. The van der Waals surface area contributed by atoms with Gasteiger partial charge in [-0.15, -0.1) is 0 Å². The van der Waals surface area contributed by atoms with Crippen LogP contribution in [-0.4, -0.2) is 27.9 Å². The zero-order valence-corrected chi connectivity index (χ0v) is 10.6. The van der Waals surface area contributed by atoms with E-state index in [1.54, 1.807) is 13.8 Å². The van der Waals surface area contributed by atoms with Crippen molar-refractivity contribution in [1.29, 1.82) is 0 Å². The molecule has 0 amide bonds. The maximum absolute atomic E-state index is 11.0. The summed E-state index contributed by atoms with van der Waals surface area (Å²) in [5.41, 5.74) is 1.73. The van der Waals surface area contributed by atoms with E-state index in [4.69, 9.17) is 4.55 Å². The highest BCUT2D eigenvalue weighted by Gasteiger charge is 2.13. The summed E-state index contributed by atoms with van der Waals surface area (Å²) in [5.74, 6) is 0.0632. The number of hydrogen-bond donors (Lipinski definition) is 2. The van der Waals surface area contributed by atoms with Gasteiger partial charge in [-0.2, -0.15) is 13.5 Å². The fourth-order valence-electron chi connectivity index (χ4n) is 1.62. The predicted octanol–water partition coefficient (Wildman–Crippen LogP) is 1.44. The van der Waals surface area contributed by atoms with E-state index in [0.717, 1.165) is 0 Å². The van der Waals surface area contributed by atoms with Crippen molar-refractivity contribution < 1.29 is 18.1 Å². The molecular weight excluding hydrogens is 256 g/mol. The van der Waals surface area contributed by atoms with Gasteiger partial charge < -0.3 is 5.11 Å². The molecule has 96 valence electrons. The molecule has 0 aliphatic carbocycles. The van der Waals surface area contributed by atoms with Crippen LogP contribution in [0.4, 0.5) is 0 Å². The summed E-state index contributed by atoms with van der Waals surface area (Å²) < 4.78 is 32.4. The maximum atomic E-state index is 11.0. The third-order valence-corrected chi connectivity index (χ3v) is 3.44. The van der Waals surface area contributed by atoms with Crippen molar-refractivity contribution in [3.05, 3.63) is 35.7 Å². The number of hydrogen-bond acceptors (Lipinski definition) is 4. The van der Waals surface area contributed by atoms with Gasteiger partial charge in [-0.3, -0.25) is 4.55 Å². The van der Waals surface area contributed by atoms with Crippen LogP contribution in [0.15, 0.2) is 29.3 Å². The van der Waals surface area contributed by atoms with E-state index in [9.17, 15) is 13.5 Å². The minimum atomic E-state index is -4.21. The monoisotopic (exact) mass is 268 g/mol. The second-order valence-electron chi connectivity index (χ2n) is 3.97. The number of aromatic hydroxyl groups is 1.